The normalized spacial score (nSPS) is 10.3. The maximum absolute atomic E-state index is 11.9. The van der Waals surface area contributed by atoms with E-state index in [0.717, 1.165) is 31.2 Å². The molecular weight excluding hydrogens is 304 g/mol. The van der Waals surface area contributed by atoms with Gasteiger partial charge in [-0.2, -0.15) is 5.10 Å². The molecule has 0 spiro atoms. The summed E-state index contributed by atoms with van der Waals surface area (Å²) in [6.07, 6.45) is 4.50. The van der Waals surface area contributed by atoms with E-state index in [1.54, 1.807) is 17.8 Å². The highest BCUT2D eigenvalue weighted by Gasteiger charge is 2.18. The minimum atomic E-state index is -0.430. The molecule has 0 saturated heterocycles. The Bertz CT molecular complexity index is 490. The van der Waals surface area contributed by atoms with Crippen molar-refractivity contribution in [2.75, 3.05) is 13.2 Å². The molecule has 1 rings (SSSR count). The first kappa shape index (κ1) is 18.3. The summed E-state index contributed by atoms with van der Waals surface area (Å²) in [4.78, 5) is 23.6. The van der Waals surface area contributed by atoms with Crippen LogP contribution in [0.3, 0.4) is 0 Å². The molecule has 0 radical (unpaired) electrons. The summed E-state index contributed by atoms with van der Waals surface area (Å²) in [6, 6.07) is -0.293. The van der Waals surface area contributed by atoms with Gasteiger partial charge in [0.1, 0.15) is 5.56 Å². The second-order valence-corrected chi connectivity index (χ2v) is 5.44. The number of nitrogens with zero attached hydrogens (tertiary/aromatic N) is 2. The van der Waals surface area contributed by atoms with Crippen LogP contribution in [0.1, 0.15) is 50.4 Å². The van der Waals surface area contributed by atoms with E-state index in [-0.39, 0.29) is 6.03 Å². The third-order valence-corrected chi connectivity index (χ3v) is 3.51. The van der Waals surface area contributed by atoms with Gasteiger partial charge in [0.2, 0.25) is 0 Å². The van der Waals surface area contributed by atoms with Crippen molar-refractivity contribution >= 4 is 23.9 Å². The van der Waals surface area contributed by atoms with E-state index in [2.05, 4.69) is 22.1 Å². The van der Waals surface area contributed by atoms with Crippen LogP contribution < -0.4 is 10.0 Å². The molecule has 0 bridgehead atoms. The monoisotopic (exact) mass is 328 g/mol. The molecule has 1 aromatic rings. The number of nitrogens with one attached hydrogen (secondary N) is 2. The van der Waals surface area contributed by atoms with Crippen LogP contribution in [0.2, 0.25) is 0 Å². The van der Waals surface area contributed by atoms with Crippen molar-refractivity contribution < 1.29 is 14.3 Å². The van der Waals surface area contributed by atoms with Crippen molar-refractivity contribution in [3.8, 4) is 0 Å². The number of rotatable bonds is 9. The molecule has 0 aliphatic rings. The molecule has 0 aliphatic heterocycles. The van der Waals surface area contributed by atoms with Crippen molar-refractivity contribution in [3.05, 3.63) is 11.8 Å². The van der Waals surface area contributed by atoms with Crippen LogP contribution in [0, 0.1) is 0 Å². The number of urea groups is 1. The molecule has 0 aromatic carbocycles. The fraction of sp³-hybridized carbons (Fsp3) is 0.643. The van der Waals surface area contributed by atoms with Crippen molar-refractivity contribution in [2.24, 2.45) is 0 Å². The lowest BCUT2D eigenvalue weighted by molar-refractivity contribution is 0.0522. The summed E-state index contributed by atoms with van der Waals surface area (Å²) in [5.41, 5.74) is 0.370. The number of ether oxygens (including phenoxy) is 1. The van der Waals surface area contributed by atoms with E-state index in [0.29, 0.717) is 30.3 Å². The average molecular weight is 328 g/mol. The van der Waals surface area contributed by atoms with E-state index in [4.69, 9.17) is 4.74 Å². The number of hydrogen-bond donors (Lipinski definition) is 2. The van der Waals surface area contributed by atoms with Crippen LogP contribution >= 0.6 is 11.9 Å². The highest BCUT2D eigenvalue weighted by molar-refractivity contribution is 7.98. The van der Waals surface area contributed by atoms with Gasteiger partial charge in [0.05, 0.1) is 6.61 Å². The lowest BCUT2D eigenvalue weighted by atomic mass is 10.3. The van der Waals surface area contributed by atoms with Gasteiger partial charge >= 0.3 is 12.0 Å². The van der Waals surface area contributed by atoms with E-state index >= 15 is 0 Å². The maximum Gasteiger partial charge on any atom is 0.342 e. The predicted octanol–water partition coefficient (Wildman–Crippen LogP) is 2.58. The van der Waals surface area contributed by atoms with Crippen LogP contribution in [0.5, 0.6) is 0 Å². The Kier molecular flexibility index (Phi) is 8.42. The zero-order chi connectivity index (χ0) is 16.4. The third-order valence-electron chi connectivity index (χ3n) is 2.73. The highest BCUT2D eigenvalue weighted by atomic mass is 32.2. The average Bonchev–Trinajstić information content (AvgIpc) is 2.89. The van der Waals surface area contributed by atoms with Crippen LogP contribution in [0.25, 0.3) is 0 Å². The standard InChI is InChI=1S/C14H24N4O3S/c1-4-7-8-15-14(20)17-22-12-11(13(19)21-6-3)10-18(16-12)9-5-2/h10H,4-9H2,1-3H3,(H2,15,17,20). The Morgan fingerprint density at radius 2 is 2.09 bits per heavy atom. The Morgan fingerprint density at radius 1 is 1.32 bits per heavy atom. The molecule has 0 aliphatic carbocycles. The highest BCUT2D eigenvalue weighted by Crippen LogP contribution is 2.19. The zero-order valence-corrected chi connectivity index (χ0v) is 14.2. The van der Waals surface area contributed by atoms with Gasteiger partial charge in [-0.05, 0) is 19.8 Å². The minimum Gasteiger partial charge on any atom is -0.462 e. The summed E-state index contributed by atoms with van der Waals surface area (Å²) in [6.45, 7) is 7.46. The second-order valence-electron chi connectivity index (χ2n) is 4.65. The quantitative estimate of drug-likeness (QED) is 0.413. The smallest absolute Gasteiger partial charge is 0.342 e. The van der Waals surface area contributed by atoms with Crippen molar-refractivity contribution in [1.29, 1.82) is 0 Å². The van der Waals surface area contributed by atoms with Crippen LogP contribution in [-0.2, 0) is 11.3 Å². The molecule has 1 heterocycles. The van der Waals surface area contributed by atoms with Gasteiger partial charge in [-0.3, -0.25) is 9.40 Å². The van der Waals surface area contributed by atoms with Gasteiger partial charge in [0.25, 0.3) is 0 Å². The number of hydrogen-bond acceptors (Lipinski definition) is 5. The van der Waals surface area contributed by atoms with Gasteiger partial charge in [-0.1, -0.05) is 20.3 Å². The molecule has 0 unspecified atom stereocenters. The summed E-state index contributed by atoms with van der Waals surface area (Å²) in [7, 11) is 0. The molecule has 2 N–H and O–H groups in total. The Labute approximate surface area is 135 Å². The molecule has 7 nitrogen and oxygen atoms in total. The molecule has 0 fully saturated rings. The first-order valence-electron chi connectivity index (χ1n) is 7.57. The third kappa shape index (κ3) is 5.97. The number of esters is 1. The Hall–Kier alpha value is -1.70. The molecule has 22 heavy (non-hydrogen) atoms. The molecule has 8 heteroatoms. The van der Waals surface area contributed by atoms with Crippen molar-refractivity contribution in [1.82, 2.24) is 19.8 Å². The van der Waals surface area contributed by atoms with Gasteiger partial charge in [-0.15, -0.1) is 0 Å². The lowest BCUT2D eigenvalue weighted by Gasteiger charge is -2.05. The molecule has 124 valence electrons. The predicted molar refractivity (Wildman–Crippen MR) is 85.8 cm³/mol. The summed E-state index contributed by atoms with van der Waals surface area (Å²) >= 11 is 1.02. The lowest BCUT2D eigenvalue weighted by Crippen LogP contribution is -2.32. The topological polar surface area (TPSA) is 85.3 Å². The Balaban J connectivity index is 2.66. The molecule has 1 aromatic heterocycles. The van der Waals surface area contributed by atoms with Crippen LogP contribution in [0.15, 0.2) is 11.2 Å². The van der Waals surface area contributed by atoms with E-state index in [9.17, 15) is 9.59 Å². The van der Waals surface area contributed by atoms with Gasteiger partial charge in [-0.25, -0.2) is 9.59 Å². The van der Waals surface area contributed by atoms with Crippen LogP contribution in [-0.4, -0.2) is 34.9 Å². The minimum absolute atomic E-state index is 0.293. The van der Waals surface area contributed by atoms with Gasteiger partial charge in [0.15, 0.2) is 5.03 Å². The number of carbonyl (C=O) groups is 2. The second kappa shape index (κ2) is 10.1. The summed E-state index contributed by atoms with van der Waals surface area (Å²) in [5.74, 6) is -0.430. The number of carbonyl (C=O) groups excluding carboxylic acids is 2. The summed E-state index contributed by atoms with van der Waals surface area (Å²) in [5, 5.41) is 7.49. The van der Waals surface area contributed by atoms with Crippen molar-refractivity contribution in [2.45, 2.75) is 51.6 Å². The maximum atomic E-state index is 11.9. The van der Waals surface area contributed by atoms with E-state index < -0.39 is 5.97 Å². The fourth-order valence-corrected chi connectivity index (χ4v) is 2.33. The molecule has 0 saturated carbocycles. The molecule has 0 atom stereocenters. The van der Waals surface area contributed by atoms with E-state index in [1.165, 1.54) is 0 Å². The van der Waals surface area contributed by atoms with Gasteiger partial charge < -0.3 is 10.1 Å². The first-order valence-corrected chi connectivity index (χ1v) is 8.39. The molecular formula is C14H24N4O3S. The zero-order valence-electron chi connectivity index (χ0n) is 13.3. The fourth-order valence-electron chi connectivity index (χ4n) is 1.68. The van der Waals surface area contributed by atoms with Crippen LogP contribution in [0.4, 0.5) is 4.79 Å². The number of unbranched alkanes of at least 4 members (excludes halogenated alkanes) is 1. The van der Waals surface area contributed by atoms with Crippen molar-refractivity contribution in [3.63, 3.8) is 0 Å². The number of amides is 2. The summed E-state index contributed by atoms with van der Waals surface area (Å²) < 4.78 is 9.33. The number of aromatic nitrogens is 2. The number of aryl methyl sites for hydroxylation is 1. The Morgan fingerprint density at radius 3 is 2.73 bits per heavy atom. The first-order chi connectivity index (χ1) is 10.6. The SMILES string of the molecule is CCCCNC(=O)NSc1nn(CCC)cc1C(=O)OCC. The molecule has 2 amide bonds. The van der Waals surface area contributed by atoms with Gasteiger partial charge in [0, 0.05) is 31.2 Å². The van der Waals surface area contributed by atoms with E-state index in [1.807, 2.05) is 6.92 Å². The largest absolute Gasteiger partial charge is 0.462 e.